The van der Waals surface area contributed by atoms with Crippen LogP contribution in [0.4, 0.5) is 5.69 Å². The number of amides is 1. The van der Waals surface area contributed by atoms with Crippen LogP contribution >= 0.6 is 0 Å². The quantitative estimate of drug-likeness (QED) is 0.291. The topological polar surface area (TPSA) is 101 Å². The summed E-state index contributed by atoms with van der Waals surface area (Å²) in [6, 6.07) is 3.44. The van der Waals surface area contributed by atoms with Gasteiger partial charge in [0, 0.05) is 6.20 Å². The van der Waals surface area contributed by atoms with Gasteiger partial charge in [0.25, 0.3) is 0 Å². The second-order valence-electron chi connectivity index (χ2n) is 2.95. The Hall–Kier alpha value is -2.11. The maximum absolute atomic E-state index is 11.3. The first-order valence-corrected chi connectivity index (χ1v) is 4.31. The first-order valence-electron chi connectivity index (χ1n) is 4.31. The molecule has 0 fully saturated rings. The molecule has 1 rings (SSSR count). The van der Waals surface area contributed by atoms with Gasteiger partial charge in [-0.15, -0.1) is 0 Å². The molecule has 0 bridgehead atoms. The zero-order valence-corrected chi connectivity index (χ0v) is 8.27. The van der Waals surface area contributed by atoms with Crippen LogP contribution in [-0.2, 0) is 4.79 Å². The average Bonchev–Trinajstić information content (AvgIpc) is 2.21. The normalized spacial score (nSPS) is 11.1. The van der Waals surface area contributed by atoms with Gasteiger partial charge in [-0.2, -0.15) is 0 Å². The first kappa shape index (κ1) is 11.0. The average molecular weight is 208 g/mol. The molecule has 15 heavy (non-hydrogen) atoms. The number of nitrogens with two attached hydrogens (primary N) is 1. The molecule has 0 spiro atoms. The molecule has 6 nitrogen and oxygen atoms in total. The molecule has 80 valence electrons. The fraction of sp³-hybridized carbons (Fsp3) is 0.222. The molecule has 1 aromatic rings. The molecule has 0 aromatic carbocycles. The predicted molar refractivity (Wildman–Crippen MR) is 55.6 cm³/mol. The summed E-state index contributed by atoms with van der Waals surface area (Å²) in [5, 5.41) is 13.6. The molecule has 6 heteroatoms. The van der Waals surface area contributed by atoms with Gasteiger partial charge in [0.2, 0.25) is 5.91 Å². The van der Waals surface area contributed by atoms with Gasteiger partial charge in [-0.1, -0.05) is 5.16 Å². The molecule has 0 aliphatic heterocycles. The summed E-state index contributed by atoms with van der Waals surface area (Å²) in [6.07, 6.45) is 1.49. The molecule has 0 aliphatic rings. The Balaban J connectivity index is 2.63. The van der Waals surface area contributed by atoms with Crippen LogP contribution in [0.25, 0.3) is 0 Å². The monoisotopic (exact) mass is 208 g/mol. The number of carbonyl (C=O) groups is 1. The van der Waals surface area contributed by atoms with Crippen LogP contribution in [0.1, 0.15) is 12.1 Å². The van der Waals surface area contributed by atoms with Gasteiger partial charge in [0.05, 0.1) is 17.8 Å². The Kier molecular flexibility index (Phi) is 3.61. The number of carbonyl (C=O) groups excluding carboxylic acids is 1. The Morgan fingerprint density at radius 2 is 2.47 bits per heavy atom. The molecule has 1 aromatic heterocycles. The van der Waals surface area contributed by atoms with Gasteiger partial charge in [0.1, 0.15) is 5.84 Å². The number of anilines is 1. The van der Waals surface area contributed by atoms with E-state index in [1.807, 2.05) is 0 Å². The van der Waals surface area contributed by atoms with Crippen LogP contribution in [0.5, 0.6) is 0 Å². The number of aromatic nitrogens is 1. The van der Waals surface area contributed by atoms with E-state index in [0.29, 0.717) is 11.4 Å². The zero-order chi connectivity index (χ0) is 11.3. The van der Waals surface area contributed by atoms with Gasteiger partial charge in [0.15, 0.2) is 0 Å². The van der Waals surface area contributed by atoms with Crippen LogP contribution in [0.2, 0.25) is 0 Å². The molecular weight excluding hydrogens is 196 g/mol. The number of nitrogens with one attached hydrogen (secondary N) is 1. The highest BCUT2D eigenvalue weighted by Crippen LogP contribution is 2.10. The van der Waals surface area contributed by atoms with Crippen molar-refractivity contribution in [1.82, 2.24) is 4.98 Å². The minimum Gasteiger partial charge on any atom is -0.409 e. The van der Waals surface area contributed by atoms with Crippen molar-refractivity contribution < 1.29 is 10.0 Å². The van der Waals surface area contributed by atoms with Crippen molar-refractivity contribution in [2.45, 2.75) is 13.3 Å². The summed E-state index contributed by atoms with van der Waals surface area (Å²) in [7, 11) is 0. The Morgan fingerprint density at radius 1 is 1.73 bits per heavy atom. The number of aryl methyl sites for hydroxylation is 1. The van der Waals surface area contributed by atoms with Crippen LogP contribution in [0.15, 0.2) is 23.5 Å². The second kappa shape index (κ2) is 4.94. The van der Waals surface area contributed by atoms with Gasteiger partial charge in [-0.05, 0) is 19.1 Å². The van der Waals surface area contributed by atoms with Crippen molar-refractivity contribution in [1.29, 1.82) is 0 Å². The summed E-state index contributed by atoms with van der Waals surface area (Å²) in [6.45, 7) is 1.78. The van der Waals surface area contributed by atoms with Crippen LogP contribution in [0.3, 0.4) is 0 Å². The number of hydrogen-bond acceptors (Lipinski definition) is 4. The molecule has 0 saturated carbocycles. The van der Waals surface area contributed by atoms with E-state index in [-0.39, 0.29) is 18.2 Å². The fourth-order valence-corrected chi connectivity index (χ4v) is 1.01. The third-order valence-corrected chi connectivity index (χ3v) is 1.75. The molecular formula is C9H12N4O2. The molecule has 1 heterocycles. The summed E-state index contributed by atoms with van der Waals surface area (Å²) < 4.78 is 0. The van der Waals surface area contributed by atoms with E-state index >= 15 is 0 Å². The highest BCUT2D eigenvalue weighted by molar-refractivity contribution is 6.04. The second-order valence-corrected chi connectivity index (χ2v) is 2.95. The van der Waals surface area contributed by atoms with Crippen LogP contribution in [-0.4, -0.2) is 21.9 Å². The lowest BCUT2D eigenvalue weighted by Gasteiger charge is -2.06. The number of rotatable bonds is 3. The van der Waals surface area contributed by atoms with Crippen molar-refractivity contribution in [2.75, 3.05) is 5.32 Å². The minimum atomic E-state index is -0.346. The zero-order valence-electron chi connectivity index (χ0n) is 8.27. The lowest BCUT2D eigenvalue weighted by Crippen LogP contribution is -2.22. The Bertz CT molecular complexity index is 389. The third-order valence-electron chi connectivity index (χ3n) is 1.75. The summed E-state index contributed by atoms with van der Waals surface area (Å²) in [5.74, 6) is -0.476. The van der Waals surface area contributed by atoms with Gasteiger partial charge >= 0.3 is 0 Å². The standard InChI is InChI=1S/C9H12N4O2/c1-6-7(3-2-4-11-6)12-9(14)5-8(10)13-15/h2-4,15H,5H2,1H3,(H2,10,13)(H,12,14). The number of pyridine rings is 1. The number of hydrogen-bond donors (Lipinski definition) is 3. The molecule has 0 radical (unpaired) electrons. The summed E-state index contributed by atoms with van der Waals surface area (Å²) in [4.78, 5) is 15.3. The predicted octanol–water partition coefficient (Wildman–Crippen LogP) is 0.465. The molecule has 4 N–H and O–H groups in total. The van der Waals surface area contributed by atoms with Gasteiger partial charge in [-0.25, -0.2) is 0 Å². The maximum Gasteiger partial charge on any atom is 0.232 e. The van der Waals surface area contributed by atoms with Crippen molar-refractivity contribution in [3.05, 3.63) is 24.0 Å². The van der Waals surface area contributed by atoms with E-state index in [9.17, 15) is 4.79 Å². The largest absolute Gasteiger partial charge is 0.409 e. The summed E-state index contributed by atoms with van der Waals surface area (Å²) in [5.41, 5.74) is 6.52. The van der Waals surface area contributed by atoms with Crippen molar-refractivity contribution in [2.24, 2.45) is 10.9 Å². The number of nitrogens with zero attached hydrogens (tertiary/aromatic N) is 2. The lowest BCUT2D eigenvalue weighted by molar-refractivity contribution is -0.115. The molecule has 0 unspecified atom stereocenters. The highest BCUT2D eigenvalue weighted by Gasteiger charge is 2.06. The lowest BCUT2D eigenvalue weighted by atomic mass is 10.3. The first-order chi connectivity index (χ1) is 7.13. The van der Waals surface area contributed by atoms with Crippen LogP contribution < -0.4 is 11.1 Å². The van der Waals surface area contributed by atoms with Crippen molar-refractivity contribution in [3.63, 3.8) is 0 Å². The summed E-state index contributed by atoms with van der Waals surface area (Å²) >= 11 is 0. The van der Waals surface area contributed by atoms with E-state index in [1.165, 1.54) is 0 Å². The van der Waals surface area contributed by atoms with Crippen molar-refractivity contribution >= 4 is 17.4 Å². The minimum absolute atomic E-state index is 0.131. The van der Waals surface area contributed by atoms with Gasteiger partial charge in [-0.3, -0.25) is 9.78 Å². The van der Waals surface area contributed by atoms with E-state index in [0.717, 1.165) is 0 Å². The molecule has 1 amide bonds. The molecule has 0 saturated heterocycles. The molecule has 0 atom stereocenters. The van der Waals surface area contributed by atoms with E-state index < -0.39 is 0 Å². The van der Waals surface area contributed by atoms with Gasteiger partial charge < -0.3 is 16.3 Å². The SMILES string of the molecule is Cc1ncccc1NC(=O)CC(N)=NO. The van der Waals surface area contributed by atoms with E-state index in [1.54, 1.807) is 25.3 Å². The Labute approximate surface area is 86.8 Å². The number of amidine groups is 1. The maximum atomic E-state index is 11.3. The molecule has 0 aliphatic carbocycles. The smallest absolute Gasteiger partial charge is 0.232 e. The number of oxime groups is 1. The van der Waals surface area contributed by atoms with Crippen molar-refractivity contribution in [3.8, 4) is 0 Å². The Morgan fingerprint density at radius 3 is 3.07 bits per heavy atom. The van der Waals surface area contributed by atoms with Crippen LogP contribution in [0, 0.1) is 6.92 Å². The van der Waals surface area contributed by atoms with E-state index in [2.05, 4.69) is 15.5 Å². The fourth-order valence-electron chi connectivity index (χ4n) is 1.01. The highest BCUT2D eigenvalue weighted by atomic mass is 16.4. The van der Waals surface area contributed by atoms with E-state index in [4.69, 9.17) is 10.9 Å². The third kappa shape index (κ3) is 3.26.